The molecule has 0 saturated carbocycles. The van der Waals surface area contributed by atoms with Crippen LogP contribution in [0.15, 0.2) is 48.5 Å². The normalized spacial score (nSPS) is 18.3. The summed E-state index contributed by atoms with van der Waals surface area (Å²) in [5, 5.41) is 0.665. The van der Waals surface area contributed by atoms with E-state index in [9.17, 15) is 9.59 Å². The van der Waals surface area contributed by atoms with E-state index in [1.165, 1.54) is 0 Å². The van der Waals surface area contributed by atoms with Gasteiger partial charge in [0.05, 0.1) is 18.0 Å². The molecule has 2 aromatic rings. The first-order chi connectivity index (χ1) is 16.4. The number of fused-ring (bicyclic) bond motifs is 1. The minimum Gasteiger partial charge on any atom is -0.491 e. The van der Waals surface area contributed by atoms with Crippen LogP contribution in [0, 0.1) is 5.92 Å². The van der Waals surface area contributed by atoms with E-state index in [4.69, 9.17) is 16.3 Å². The number of para-hydroxylation sites is 1. The molecule has 6 heteroatoms. The van der Waals surface area contributed by atoms with Gasteiger partial charge in [-0.2, -0.15) is 0 Å². The topological polar surface area (TPSA) is 49.9 Å². The van der Waals surface area contributed by atoms with Crippen LogP contribution in [-0.4, -0.2) is 53.9 Å². The molecular formula is C28H37ClN2O3. The van der Waals surface area contributed by atoms with E-state index >= 15 is 0 Å². The molecule has 34 heavy (non-hydrogen) atoms. The van der Waals surface area contributed by atoms with Crippen molar-refractivity contribution in [3.8, 4) is 5.75 Å². The molecule has 5 nitrogen and oxygen atoms in total. The van der Waals surface area contributed by atoms with Gasteiger partial charge in [-0.05, 0) is 55.5 Å². The summed E-state index contributed by atoms with van der Waals surface area (Å²) in [6.07, 6.45) is 4.29. The third-order valence-corrected chi connectivity index (χ3v) is 6.78. The van der Waals surface area contributed by atoms with E-state index < -0.39 is 0 Å². The summed E-state index contributed by atoms with van der Waals surface area (Å²) >= 11 is 6.02. The number of carbonyl (C=O) groups is 2. The monoisotopic (exact) mass is 484 g/mol. The van der Waals surface area contributed by atoms with Gasteiger partial charge in [0.25, 0.3) is 5.91 Å². The van der Waals surface area contributed by atoms with Crippen LogP contribution in [0.1, 0.15) is 62.4 Å². The lowest BCUT2D eigenvalue weighted by molar-refractivity contribution is -0.134. The Morgan fingerprint density at radius 2 is 1.71 bits per heavy atom. The highest BCUT2D eigenvalue weighted by molar-refractivity contribution is 6.30. The van der Waals surface area contributed by atoms with Gasteiger partial charge in [-0.15, -0.1) is 0 Å². The van der Waals surface area contributed by atoms with Gasteiger partial charge in [0.1, 0.15) is 12.4 Å². The van der Waals surface area contributed by atoms with Gasteiger partial charge in [-0.3, -0.25) is 9.59 Å². The maximum atomic E-state index is 13.5. The fraction of sp³-hybridized carbons (Fsp3) is 0.500. The predicted octanol–water partition coefficient (Wildman–Crippen LogP) is 5.85. The number of hydrogen-bond acceptors (Lipinski definition) is 3. The Morgan fingerprint density at radius 3 is 2.38 bits per heavy atom. The Labute approximate surface area is 209 Å². The van der Waals surface area contributed by atoms with Crippen LogP contribution in [-0.2, 0) is 11.2 Å². The molecule has 0 unspecified atom stereocenters. The number of rotatable bonds is 4. The predicted molar refractivity (Wildman–Crippen MR) is 137 cm³/mol. The van der Waals surface area contributed by atoms with Crippen LogP contribution in [0.5, 0.6) is 5.75 Å². The van der Waals surface area contributed by atoms with E-state index in [-0.39, 0.29) is 23.8 Å². The standard InChI is InChI=1S/C28H37ClN2O3/c1-4-30-17-9-5-6-10-18-31(27(32)19-22-13-15-23(29)16-14-22)25(21(2)3)20-34-26-12-8-7-11-24(26)28(30)33/h7-8,11-16,21,25H,4-6,9-10,17-20H2,1-3H3/t25-/m1/s1. The number of hydrogen-bond donors (Lipinski definition) is 0. The number of amides is 2. The molecule has 0 radical (unpaired) electrons. The van der Waals surface area contributed by atoms with Crippen molar-refractivity contribution in [2.24, 2.45) is 5.92 Å². The first kappa shape index (κ1) is 26.1. The molecule has 0 spiro atoms. The van der Waals surface area contributed by atoms with Crippen molar-refractivity contribution in [3.05, 3.63) is 64.7 Å². The Morgan fingerprint density at radius 1 is 1.03 bits per heavy atom. The molecule has 1 atom stereocenters. The fourth-order valence-electron chi connectivity index (χ4n) is 4.45. The minimum absolute atomic E-state index is 0.00641. The third kappa shape index (κ3) is 6.99. The summed E-state index contributed by atoms with van der Waals surface area (Å²) < 4.78 is 6.26. The van der Waals surface area contributed by atoms with Crippen molar-refractivity contribution in [3.63, 3.8) is 0 Å². The number of halogens is 1. The van der Waals surface area contributed by atoms with Gasteiger partial charge in [0, 0.05) is 24.7 Å². The molecule has 1 heterocycles. The second-order valence-corrected chi connectivity index (χ2v) is 9.74. The zero-order valence-electron chi connectivity index (χ0n) is 20.6. The minimum atomic E-state index is -0.0897. The van der Waals surface area contributed by atoms with Crippen molar-refractivity contribution >= 4 is 23.4 Å². The van der Waals surface area contributed by atoms with Crippen molar-refractivity contribution in [2.75, 3.05) is 26.2 Å². The molecule has 0 fully saturated rings. The maximum Gasteiger partial charge on any atom is 0.257 e. The van der Waals surface area contributed by atoms with E-state index in [0.29, 0.717) is 42.5 Å². The zero-order valence-corrected chi connectivity index (χ0v) is 21.4. The number of ether oxygens (including phenoxy) is 1. The summed E-state index contributed by atoms with van der Waals surface area (Å²) in [4.78, 5) is 30.6. The Bertz CT molecular complexity index is 945. The van der Waals surface area contributed by atoms with Crippen molar-refractivity contribution < 1.29 is 14.3 Å². The molecule has 1 aliphatic rings. The van der Waals surface area contributed by atoms with Crippen LogP contribution < -0.4 is 4.74 Å². The molecule has 2 amide bonds. The van der Waals surface area contributed by atoms with Gasteiger partial charge in [0.2, 0.25) is 5.91 Å². The molecule has 0 bridgehead atoms. The molecule has 2 aromatic carbocycles. The Kier molecular flexibility index (Phi) is 9.82. The average Bonchev–Trinajstić information content (AvgIpc) is 2.83. The summed E-state index contributed by atoms with van der Waals surface area (Å²) in [6.45, 7) is 8.72. The highest BCUT2D eigenvalue weighted by Crippen LogP contribution is 2.24. The molecule has 3 rings (SSSR count). The summed E-state index contributed by atoms with van der Waals surface area (Å²) in [7, 11) is 0. The first-order valence-electron chi connectivity index (χ1n) is 12.5. The SMILES string of the molecule is CCN1CCCCCCN(C(=O)Cc2ccc(Cl)cc2)[C@@H](C(C)C)COc2ccccc2C1=O. The molecule has 1 aliphatic heterocycles. The lowest BCUT2D eigenvalue weighted by Gasteiger charge is -2.35. The van der Waals surface area contributed by atoms with Crippen LogP contribution in [0.25, 0.3) is 0 Å². The second kappa shape index (κ2) is 12.8. The highest BCUT2D eigenvalue weighted by atomic mass is 35.5. The molecule has 0 N–H and O–H groups in total. The number of nitrogens with zero attached hydrogens (tertiary/aromatic N) is 2. The number of benzene rings is 2. The first-order valence-corrected chi connectivity index (χ1v) is 12.8. The van der Waals surface area contributed by atoms with Gasteiger partial charge in [-0.25, -0.2) is 0 Å². The van der Waals surface area contributed by atoms with E-state index in [1.54, 1.807) is 0 Å². The lowest BCUT2D eigenvalue weighted by Crippen LogP contribution is -2.48. The smallest absolute Gasteiger partial charge is 0.257 e. The van der Waals surface area contributed by atoms with Gasteiger partial charge in [0.15, 0.2) is 0 Å². The average molecular weight is 485 g/mol. The Hall–Kier alpha value is -2.53. The van der Waals surface area contributed by atoms with E-state index in [2.05, 4.69) is 13.8 Å². The number of carbonyl (C=O) groups excluding carboxylic acids is 2. The summed E-state index contributed by atoms with van der Waals surface area (Å²) in [5.41, 5.74) is 1.54. The van der Waals surface area contributed by atoms with Crippen LogP contribution >= 0.6 is 11.6 Å². The molecule has 0 saturated heterocycles. The quantitative estimate of drug-likeness (QED) is 0.546. The van der Waals surface area contributed by atoms with Crippen molar-refractivity contribution in [1.82, 2.24) is 9.80 Å². The van der Waals surface area contributed by atoms with Crippen LogP contribution in [0.4, 0.5) is 0 Å². The molecule has 0 aliphatic carbocycles. The van der Waals surface area contributed by atoms with Gasteiger partial charge in [-0.1, -0.05) is 62.6 Å². The summed E-state index contributed by atoms with van der Waals surface area (Å²) in [6, 6.07) is 14.8. The van der Waals surface area contributed by atoms with Crippen molar-refractivity contribution in [1.29, 1.82) is 0 Å². The van der Waals surface area contributed by atoms with Gasteiger partial charge < -0.3 is 14.5 Å². The second-order valence-electron chi connectivity index (χ2n) is 9.31. The lowest BCUT2D eigenvalue weighted by atomic mass is 10.0. The Balaban J connectivity index is 1.86. The van der Waals surface area contributed by atoms with Gasteiger partial charge >= 0.3 is 0 Å². The molecule has 184 valence electrons. The largest absolute Gasteiger partial charge is 0.491 e. The van der Waals surface area contributed by atoms with Crippen LogP contribution in [0.3, 0.4) is 0 Å². The maximum absolute atomic E-state index is 13.5. The highest BCUT2D eigenvalue weighted by Gasteiger charge is 2.28. The van der Waals surface area contributed by atoms with Crippen molar-refractivity contribution in [2.45, 2.75) is 58.9 Å². The van der Waals surface area contributed by atoms with Crippen LogP contribution in [0.2, 0.25) is 5.02 Å². The molecule has 0 aromatic heterocycles. The van der Waals surface area contributed by atoms with E-state index in [1.807, 2.05) is 65.3 Å². The fourth-order valence-corrected chi connectivity index (χ4v) is 4.58. The third-order valence-electron chi connectivity index (χ3n) is 6.53. The zero-order chi connectivity index (χ0) is 24.5. The summed E-state index contributed by atoms with van der Waals surface area (Å²) in [5.74, 6) is 0.890. The molecular weight excluding hydrogens is 448 g/mol. The van der Waals surface area contributed by atoms with E-state index in [0.717, 1.165) is 37.8 Å².